The summed E-state index contributed by atoms with van der Waals surface area (Å²) in [4.78, 5) is 4.02. The molecule has 1 fully saturated rings. The van der Waals surface area contributed by atoms with Crippen LogP contribution in [0.25, 0.3) is 0 Å². The Labute approximate surface area is 136 Å². The normalized spacial score (nSPS) is 26.1. The summed E-state index contributed by atoms with van der Waals surface area (Å²) in [6.07, 6.45) is 3.31. The monoisotopic (exact) mass is 345 g/mol. The van der Waals surface area contributed by atoms with Crippen LogP contribution in [0.15, 0.2) is 30.9 Å². The molecular weight excluding hydrogens is 333 g/mol. The first-order valence-electron chi connectivity index (χ1n) is 6.19. The second-order valence-corrected chi connectivity index (χ2v) is 8.87. The predicted octanol–water partition coefficient (Wildman–Crippen LogP) is 4.31. The Morgan fingerprint density at radius 3 is 2.90 bits per heavy atom. The molecule has 3 nitrogen and oxygen atoms in total. The third-order valence-corrected chi connectivity index (χ3v) is 7.30. The molecule has 0 radical (unpaired) electrons. The van der Waals surface area contributed by atoms with Gasteiger partial charge in [-0.05, 0) is 17.7 Å². The summed E-state index contributed by atoms with van der Waals surface area (Å²) in [6.45, 7) is 2.98. The lowest BCUT2D eigenvalue weighted by atomic mass is 10.1. The Morgan fingerprint density at radius 1 is 1.45 bits per heavy atom. The number of halogens is 2. The predicted molar refractivity (Wildman–Crippen MR) is 87.7 cm³/mol. The molecule has 1 saturated heterocycles. The summed E-state index contributed by atoms with van der Waals surface area (Å²) in [5.74, 6) is 1.10. The van der Waals surface area contributed by atoms with Crippen molar-refractivity contribution in [3.05, 3.63) is 46.5 Å². The van der Waals surface area contributed by atoms with Gasteiger partial charge in [-0.3, -0.25) is 4.68 Å². The van der Waals surface area contributed by atoms with E-state index >= 15 is 0 Å². The minimum atomic E-state index is -0.130. The molecule has 2 atom stereocenters. The fraction of sp³-hybridized carbons (Fsp3) is 0.385. The highest BCUT2D eigenvalue weighted by atomic mass is 35.5. The molecule has 7 heteroatoms. The minimum Gasteiger partial charge on any atom is -0.250 e. The molecule has 0 amide bonds. The topological polar surface area (TPSA) is 30.7 Å². The summed E-state index contributed by atoms with van der Waals surface area (Å²) in [5.41, 5.74) is 1.11. The second-order valence-electron chi connectivity index (χ2n) is 4.71. The maximum absolute atomic E-state index is 6.43. The molecule has 2 aromatic rings. The standard InChI is InChI=1S/C13H13Cl2N3S2/c1-9-5-19-13(20-9,6-18-8-16-7-17-18)11-3-2-10(14)4-12(11)15/h2-4,7-9H,5-6H2,1H3. The third-order valence-electron chi connectivity index (χ3n) is 3.12. The smallest absolute Gasteiger partial charge is 0.137 e. The molecule has 2 heterocycles. The Hall–Kier alpha value is -0.360. The lowest BCUT2D eigenvalue weighted by molar-refractivity contribution is 0.581. The summed E-state index contributed by atoms with van der Waals surface area (Å²) in [6, 6.07) is 5.74. The Bertz CT molecular complexity index is 606. The highest BCUT2D eigenvalue weighted by Crippen LogP contribution is 2.57. The van der Waals surface area contributed by atoms with Crippen molar-refractivity contribution in [2.45, 2.75) is 22.8 Å². The molecule has 20 heavy (non-hydrogen) atoms. The molecule has 1 aromatic carbocycles. The van der Waals surface area contributed by atoms with Gasteiger partial charge in [0.25, 0.3) is 0 Å². The van der Waals surface area contributed by atoms with E-state index in [0.29, 0.717) is 15.3 Å². The lowest BCUT2D eigenvalue weighted by Gasteiger charge is -2.29. The van der Waals surface area contributed by atoms with E-state index in [1.54, 1.807) is 12.7 Å². The van der Waals surface area contributed by atoms with Crippen molar-refractivity contribution in [1.82, 2.24) is 14.8 Å². The van der Waals surface area contributed by atoms with Gasteiger partial charge in [0, 0.05) is 21.0 Å². The van der Waals surface area contributed by atoms with Crippen LogP contribution in [0, 0.1) is 0 Å². The molecule has 2 unspecified atom stereocenters. The van der Waals surface area contributed by atoms with Crippen LogP contribution in [-0.2, 0) is 10.6 Å². The van der Waals surface area contributed by atoms with Gasteiger partial charge >= 0.3 is 0 Å². The molecule has 106 valence electrons. The Balaban J connectivity index is 2.01. The molecule has 0 spiro atoms. The van der Waals surface area contributed by atoms with E-state index in [1.807, 2.05) is 46.4 Å². The van der Waals surface area contributed by atoms with Gasteiger partial charge in [-0.25, -0.2) is 4.98 Å². The molecule has 3 rings (SSSR count). The fourth-order valence-electron chi connectivity index (χ4n) is 2.28. The molecule has 0 N–H and O–H groups in total. The van der Waals surface area contributed by atoms with Crippen LogP contribution >= 0.6 is 46.7 Å². The van der Waals surface area contributed by atoms with Gasteiger partial charge < -0.3 is 0 Å². The van der Waals surface area contributed by atoms with Gasteiger partial charge in [-0.1, -0.05) is 36.2 Å². The molecular formula is C13H13Cl2N3S2. The zero-order valence-electron chi connectivity index (χ0n) is 10.8. The Morgan fingerprint density at radius 2 is 2.30 bits per heavy atom. The summed E-state index contributed by atoms with van der Waals surface area (Å²) < 4.78 is 1.73. The molecule has 0 saturated carbocycles. The third kappa shape index (κ3) is 2.82. The van der Waals surface area contributed by atoms with Crippen LogP contribution in [0.4, 0.5) is 0 Å². The summed E-state index contributed by atoms with van der Waals surface area (Å²) in [7, 11) is 0. The van der Waals surface area contributed by atoms with Gasteiger partial charge in [0.2, 0.25) is 0 Å². The highest BCUT2D eigenvalue weighted by molar-refractivity contribution is 8.21. The number of nitrogens with zero attached hydrogens (tertiary/aromatic N) is 3. The number of benzene rings is 1. The molecule has 1 aromatic heterocycles. The van der Waals surface area contributed by atoms with E-state index in [0.717, 1.165) is 17.9 Å². The van der Waals surface area contributed by atoms with E-state index in [2.05, 4.69) is 17.0 Å². The van der Waals surface area contributed by atoms with Crippen molar-refractivity contribution in [1.29, 1.82) is 0 Å². The lowest BCUT2D eigenvalue weighted by Crippen LogP contribution is -2.23. The van der Waals surface area contributed by atoms with Crippen LogP contribution in [0.2, 0.25) is 10.0 Å². The number of rotatable bonds is 3. The molecule has 0 bridgehead atoms. The van der Waals surface area contributed by atoms with Crippen molar-refractivity contribution in [3.8, 4) is 0 Å². The summed E-state index contributed by atoms with van der Waals surface area (Å²) >= 11 is 16.3. The Kier molecular flexibility index (Phi) is 4.22. The first kappa shape index (κ1) is 14.6. The largest absolute Gasteiger partial charge is 0.250 e. The van der Waals surface area contributed by atoms with E-state index in [-0.39, 0.29) is 4.08 Å². The van der Waals surface area contributed by atoms with Crippen LogP contribution in [0.1, 0.15) is 12.5 Å². The maximum atomic E-state index is 6.43. The van der Waals surface area contributed by atoms with Crippen LogP contribution in [0.3, 0.4) is 0 Å². The molecule has 1 aliphatic heterocycles. The second kappa shape index (κ2) is 5.79. The zero-order chi connectivity index (χ0) is 14.2. The van der Waals surface area contributed by atoms with Gasteiger partial charge in [0.15, 0.2) is 0 Å². The fourth-order valence-corrected chi connectivity index (χ4v) is 6.63. The van der Waals surface area contributed by atoms with E-state index < -0.39 is 0 Å². The summed E-state index contributed by atoms with van der Waals surface area (Å²) in [5, 5.41) is 6.19. The minimum absolute atomic E-state index is 0.130. The quantitative estimate of drug-likeness (QED) is 0.829. The first-order valence-corrected chi connectivity index (χ1v) is 8.81. The maximum Gasteiger partial charge on any atom is 0.137 e. The van der Waals surface area contributed by atoms with Crippen molar-refractivity contribution < 1.29 is 0 Å². The van der Waals surface area contributed by atoms with Crippen molar-refractivity contribution in [2.75, 3.05) is 5.75 Å². The van der Waals surface area contributed by atoms with Crippen molar-refractivity contribution >= 4 is 46.7 Å². The highest BCUT2D eigenvalue weighted by Gasteiger charge is 2.42. The van der Waals surface area contributed by atoms with E-state index in [1.165, 1.54) is 0 Å². The van der Waals surface area contributed by atoms with Gasteiger partial charge in [0.05, 0.1) is 6.54 Å². The van der Waals surface area contributed by atoms with Crippen LogP contribution in [0.5, 0.6) is 0 Å². The first-order chi connectivity index (χ1) is 9.59. The van der Waals surface area contributed by atoms with Gasteiger partial charge in [-0.2, -0.15) is 5.10 Å². The van der Waals surface area contributed by atoms with Crippen molar-refractivity contribution in [2.24, 2.45) is 0 Å². The van der Waals surface area contributed by atoms with Crippen LogP contribution in [-0.4, -0.2) is 25.8 Å². The van der Waals surface area contributed by atoms with Gasteiger partial charge in [0.1, 0.15) is 16.7 Å². The van der Waals surface area contributed by atoms with E-state index in [9.17, 15) is 0 Å². The molecule has 1 aliphatic rings. The average Bonchev–Trinajstić information content (AvgIpc) is 3.00. The molecule has 0 aliphatic carbocycles. The number of thioether (sulfide) groups is 2. The van der Waals surface area contributed by atoms with Crippen LogP contribution < -0.4 is 0 Å². The number of hydrogen-bond acceptors (Lipinski definition) is 4. The van der Waals surface area contributed by atoms with E-state index in [4.69, 9.17) is 23.2 Å². The number of aromatic nitrogens is 3. The number of hydrogen-bond donors (Lipinski definition) is 0. The van der Waals surface area contributed by atoms with Gasteiger partial charge in [-0.15, -0.1) is 23.5 Å². The average molecular weight is 346 g/mol. The van der Waals surface area contributed by atoms with Crippen molar-refractivity contribution in [3.63, 3.8) is 0 Å². The SMILES string of the molecule is CC1CSC(Cn2cncn2)(c2ccc(Cl)cc2Cl)S1. The zero-order valence-corrected chi connectivity index (χ0v) is 13.9.